The molecule has 0 atom stereocenters. The Hall–Kier alpha value is -0.610. The molecule has 0 aliphatic carbocycles. The predicted molar refractivity (Wildman–Crippen MR) is 65.5 cm³/mol. The molecule has 3 nitrogen and oxygen atoms in total. The van der Waals surface area contributed by atoms with Crippen LogP contribution in [0.4, 0.5) is 5.13 Å². The quantitative estimate of drug-likeness (QED) is 0.855. The average Bonchev–Trinajstić information content (AvgIpc) is 2.58. The highest BCUT2D eigenvalue weighted by molar-refractivity contribution is 7.15. The van der Waals surface area contributed by atoms with Crippen molar-refractivity contribution in [3.05, 3.63) is 10.6 Å². The van der Waals surface area contributed by atoms with Gasteiger partial charge in [-0.15, -0.1) is 11.3 Å². The van der Waals surface area contributed by atoms with Crippen LogP contribution in [0.3, 0.4) is 0 Å². The second kappa shape index (κ2) is 4.49. The minimum atomic E-state index is 0.753. The summed E-state index contributed by atoms with van der Waals surface area (Å²) in [7, 11) is 1.94. The van der Waals surface area contributed by atoms with Gasteiger partial charge in [-0.25, -0.2) is 4.98 Å². The molecule has 0 radical (unpaired) electrons. The van der Waals surface area contributed by atoms with Gasteiger partial charge in [0, 0.05) is 38.0 Å². The molecule has 2 heterocycles. The van der Waals surface area contributed by atoms with Gasteiger partial charge in [0.2, 0.25) is 0 Å². The van der Waals surface area contributed by atoms with Gasteiger partial charge < -0.3 is 5.32 Å². The molecule has 0 saturated heterocycles. The second-order valence-corrected chi connectivity index (χ2v) is 5.60. The minimum absolute atomic E-state index is 0.753. The number of nitrogens with one attached hydrogen (secondary N) is 1. The number of fused-ring (bicyclic) bond motifs is 1. The molecule has 0 spiro atoms. The van der Waals surface area contributed by atoms with E-state index in [1.165, 1.54) is 17.1 Å². The fourth-order valence-electron chi connectivity index (χ4n) is 2.03. The Morgan fingerprint density at radius 2 is 2.33 bits per heavy atom. The Labute approximate surface area is 95.5 Å². The molecule has 0 fully saturated rings. The lowest BCUT2D eigenvalue weighted by molar-refractivity contribution is 0.228. The Morgan fingerprint density at radius 3 is 3.00 bits per heavy atom. The van der Waals surface area contributed by atoms with Gasteiger partial charge >= 0.3 is 0 Å². The van der Waals surface area contributed by atoms with Gasteiger partial charge in [-0.1, -0.05) is 13.8 Å². The molecule has 1 N–H and O–H groups in total. The number of aromatic nitrogens is 1. The number of rotatable bonds is 3. The maximum atomic E-state index is 4.56. The Kier molecular flexibility index (Phi) is 3.26. The molecule has 0 unspecified atom stereocenters. The van der Waals surface area contributed by atoms with Crippen molar-refractivity contribution in [2.24, 2.45) is 5.92 Å². The predicted octanol–water partition coefficient (Wildman–Crippen LogP) is 2.20. The lowest BCUT2D eigenvalue weighted by Crippen LogP contribution is -2.32. The summed E-state index contributed by atoms with van der Waals surface area (Å²) in [4.78, 5) is 8.55. The van der Waals surface area contributed by atoms with Gasteiger partial charge in [-0.3, -0.25) is 4.90 Å². The van der Waals surface area contributed by atoms with E-state index in [1.807, 2.05) is 7.05 Å². The first-order valence-corrected chi connectivity index (χ1v) is 6.39. The van der Waals surface area contributed by atoms with Crippen LogP contribution in [0.25, 0.3) is 0 Å². The molecule has 1 aromatic heterocycles. The van der Waals surface area contributed by atoms with E-state index in [4.69, 9.17) is 0 Å². The van der Waals surface area contributed by atoms with E-state index < -0.39 is 0 Å². The number of hydrogen-bond acceptors (Lipinski definition) is 4. The van der Waals surface area contributed by atoms with E-state index in [0.717, 1.165) is 30.6 Å². The molecular formula is C11H19N3S. The Balaban J connectivity index is 2.05. The number of nitrogens with zero attached hydrogens (tertiary/aromatic N) is 2. The third-order valence-electron chi connectivity index (χ3n) is 2.65. The van der Waals surface area contributed by atoms with E-state index in [-0.39, 0.29) is 0 Å². The molecule has 0 saturated carbocycles. The van der Waals surface area contributed by atoms with Crippen LogP contribution in [0.15, 0.2) is 0 Å². The third kappa shape index (κ3) is 2.49. The first-order chi connectivity index (χ1) is 7.19. The third-order valence-corrected chi connectivity index (χ3v) is 3.75. The van der Waals surface area contributed by atoms with Gasteiger partial charge in [-0.05, 0) is 5.92 Å². The standard InChI is InChI=1S/C11H19N3S/c1-8(2)6-14-5-4-9-10(7-14)15-11(12-3)13-9/h8H,4-7H2,1-3H3,(H,12,13). The van der Waals surface area contributed by atoms with Gasteiger partial charge in [0.25, 0.3) is 0 Å². The molecule has 1 aliphatic rings. The van der Waals surface area contributed by atoms with E-state index in [2.05, 4.69) is 29.0 Å². The molecule has 0 bridgehead atoms. The molecule has 2 rings (SSSR count). The van der Waals surface area contributed by atoms with Crippen LogP contribution >= 0.6 is 11.3 Å². The largest absolute Gasteiger partial charge is 0.365 e. The van der Waals surface area contributed by atoms with Crippen molar-refractivity contribution in [1.82, 2.24) is 9.88 Å². The van der Waals surface area contributed by atoms with E-state index in [9.17, 15) is 0 Å². The van der Waals surface area contributed by atoms with Crippen molar-refractivity contribution >= 4 is 16.5 Å². The van der Waals surface area contributed by atoms with E-state index in [0.29, 0.717) is 0 Å². The summed E-state index contributed by atoms with van der Waals surface area (Å²) in [5.41, 5.74) is 1.31. The van der Waals surface area contributed by atoms with Crippen molar-refractivity contribution in [2.45, 2.75) is 26.8 Å². The summed E-state index contributed by atoms with van der Waals surface area (Å²) in [6.07, 6.45) is 1.11. The molecule has 0 aromatic carbocycles. The fourth-order valence-corrected chi connectivity index (χ4v) is 3.03. The maximum Gasteiger partial charge on any atom is 0.182 e. The maximum absolute atomic E-state index is 4.56. The lowest BCUT2D eigenvalue weighted by atomic mass is 10.1. The highest BCUT2D eigenvalue weighted by atomic mass is 32.1. The summed E-state index contributed by atoms with van der Waals surface area (Å²) in [6, 6.07) is 0. The summed E-state index contributed by atoms with van der Waals surface area (Å²) in [5, 5.41) is 4.19. The summed E-state index contributed by atoms with van der Waals surface area (Å²) >= 11 is 1.80. The van der Waals surface area contributed by atoms with Crippen LogP contribution in [0.5, 0.6) is 0 Å². The van der Waals surface area contributed by atoms with Crippen LogP contribution in [-0.2, 0) is 13.0 Å². The topological polar surface area (TPSA) is 28.2 Å². The summed E-state index contributed by atoms with van der Waals surface area (Å²) in [6.45, 7) is 8.01. The lowest BCUT2D eigenvalue weighted by Gasteiger charge is -2.27. The van der Waals surface area contributed by atoms with Crippen LogP contribution in [0.2, 0.25) is 0 Å². The minimum Gasteiger partial charge on any atom is -0.365 e. The van der Waals surface area contributed by atoms with E-state index >= 15 is 0 Å². The molecular weight excluding hydrogens is 206 g/mol. The molecule has 0 amide bonds. The zero-order chi connectivity index (χ0) is 10.8. The van der Waals surface area contributed by atoms with Crippen molar-refractivity contribution < 1.29 is 0 Å². The van der Waals surface area contributed by atoms with Gasteiger partial charge in [0.05, 0.1) is 5.69 Å². The number of anilines is 1. The summed E-state index contributed by atoms with van der Waals surface area (Å²) < 4.78 is 0. The normalized spacial score (nSPS) is 16.8. The molecule has 1 aliphatic heterocycles. The van der Waals surface area contributed by atoms with E-state index in [1.54, 1.807) is 11.3 Å². The zero-order valence-corrected chi connectivity index (χ0v) is 10.5. The highest BCUT2D eigenvalue weighted by Crippen LogP contribution is 2.28. The first-order valence-electron chi connectivity index (χ1n) is 5.57. The molecule has 1 aromatic rings. The van der Waals surface area contributed by atoms with Gasteiger partial charge in [0.15, 0.2) is 5.13 Å². The molecule has 15 heavy (non-hydrogen) atoms. The van der Waals surface area contributed by atoms with Crippen LogP contribution in [-0.4, -0.2) is 30.0 Å². The molecule has 4 heteroatoms. The SMILES string of the molecule is CNc1nc2c(s1)CN(CC(C)C)CC2. The average molecular weight is 225 g/mol. The van der Waals surface area contributed by atoms with Gasteiger partial charge in [-0.2, -0.15) is 0 Å². The summed E-state index contributed by atoms with van der Waals surface area (Å²) in [5.74, 6) is 0.753. The van der Waals surface area contributed by atoms with Gasteiger partial charge in [0.1, 0.15) is 0 Å². The smallest absolute Gasteiger partial charge is 0.182 e. The molecule has 84 valence electrons. The highest BCUT2D eigenvalue weighted by Gasteiger charge is 2.20. The van der Waals surface area contributed by atoms with Crippen molar-refractivity contribution in [3.63, 3.8) is 0 Å². The van der Waals surface area contributed by atoms with Crippen molar-refractivity contribution in [1.29, 1.82) is 0 Å². The Morgan fingerprint density at radius 1 is 1.53 bits per heavy atom. The van der Waals surface area contributed by atoms with Crippen LogP contribution < -0.4 is 5.32 Å². The zero-order valence-electron chi connectivity index (χ0n) is 9.71. The van der Waals surface area contributed by atoms with Crippen molar-refractivity contribution in [2.75, 3.05) is 25.5 Å². The van der Waals surface area contributed by atoms with Crippen molar-refractivity contribution in [3.8, 4) is 0 Å². The Bertz CT molecular complexity index is 333. The fraction of sp³-hybridized carbons (Fsp3) is 0.727. The van der Waals surface area contributed by atoms with Crippen LogP contribution in [0.1, 0.15) is 24.4 Å². The monoisotopic (exact) mass is 225 g/mol. The number of hydrogen-bond donors (Lipinski definition) is 1. The number of thiazole rings is 1. The first kappa shape index (κ1) is 10.9. The second-order valence-electron chi connectivity index (χ2n) is 4.52. The van der Waals surface area contributed by atoms with Crippen LogP contribution in [0, 0.1) is 5.92 Å².